The van der Waals surface area contributed by atoms with Crippen molar-refractivity contribution in [2.45, 2.75) is 0 Å². The van der Waals surface area contributed by atoms with Crippen molar-refractivity contribution in [2.75, 3.05) is 4.90 Å². The van der Waals surface area contributed by atoms with E-state index in [1.807, 2.05) is 48.7 Å². The number of carboxylic acids is 1. The number of nitriles is 1. The van der Waals surface area contributed by atoms with Gasteiger partial charge in [-0.3, -0.25) is 4.98 Å². The summed E-state index contributed by atoms with van der Waals surface area (Å²) in [5, 5.41) is 19.3. The minimum atomic E-state index is -1.26. The van der Waals surface area contributed by atoms with Crippen LogP contribution in [0.4, 0.5) is 16.4 Å². The molecule has 4 heterocycles. The number of para-hydroxylation sites is 2. The molecule has 0 saturated carbocycles. The van der Waals surface area contributed by atoms with E-state index in [9.17, 15) is 4.79 Å². The van der Waals surface area contributed by atoms with Crippen LogP contribution in [0.15, 0.2) is 96.7 Å². The Balaban J connectivity index is 1.39. The van der Waals surface area contributed by atoms with Crippen LogP contribution in [-0.4, -0.2) is 24.8 Å². The highest BCUT2D eigenvalue weighted by atomic mass is 32.1. The summed E-state index contributed by atoms with van der Waals surface area (Å²) in [6.07, 6.45) is 3.18. The van der Waals surface area contributed by atoms with Gasteiger partial charge in [-0.25, -0.2) is 4.79 Å². The molecule has 0 aliphatic carbocycles. The fourth-order valence-electron chi connectivity index (χ4n) is 4.12. The molecule has 10 heteroatoms. The van der Waals surface area contributed by atoms with Crippen molar-refractivity contribution in [3.8, 4) is 27.1 Å². The Morgan fingerprint density at radius 2 is 1.51 bits per heavy atom. The second kappa shape index (κ2) is 10.6. The summed E-state index contributed by atoms with van der Waals surface area (Å²) in [6, 6.07) is 30.0. The zero-order valence-electron chi connectivity index (χ0n) is 20.1. The van der Waals surface area contributed by atoms with E-state index in [2.05, 4.69) is 50.0 Å². The van der Waals surface area contributed by atoms with Crippen LogP contribution in [0.3, 0.4) is 0 Å². The minimum absolute atomic E-state index is 0.319. The second-order valence-electron chi connectivity index (χ2n) is 8.30. The molecule has 0 amide bonds. The van der Waals surface area contributed by atoms with Crippen LogP contribution in [0.5, 0.6) is 0 Å². The number of anilines is 3. The molecule has 1 N–H and O–H groups in total. The summed E-state index contributed by atoms with van der Waals surface area (Å²) in [7, 11) is 0. The molecule has 39 heavy (non-hydrogen) atoms. The van der Waals surface area contributed by atoms with Gasteiger partial charge in [0, 0.05) is 32.9 Å². The van der Waals surface area contributed by atoms with Crippen molar-refractivity contribution in [3.05, 3.63) is 102 Å². The molecule has 0 radical (unpaired) electrons. The first-order chi connectivity index (χ1) is 19.1. The summed E-state index contributed by atoms with van der Waals surface area (Å²) in [6.45, 7) is 0. The average Bonchev–Trinajstić information content (AvgIpc) is 3.74. The number of hydrogen-bond donors (Lipinski definition) is 1. The van der Waals surface area contributed by atoms with E-state index in [0.717, 1.165) is 48.9 Å². The molecule has 0 aliphatic rings. The molecule has 0 spiro atoms. The maximum Gasteiger partial charge on any atom is 0.346 e. The van der Waals surface area contributed by atoms with Gasteiger partial charge in [-0.05, 0) is 54.6 Å². The van der Waals surface area contributed by atoms with E-state index < -0.39 is 5.97 Å². The predicted octanol–water partition coefficient (Wildman–Crippen LogP) is 8.00. The van der Waals surface area contributed by atoms with Gasteiger partial charge in [0.25, 0.3) is 0 Å². The normalized spacial score (nSPS) is 11.4. The molecule has 6 rings (SSSR count). The van der Waals surface area contributed by atoms with E-state index >= 15 is 0 Å². The molecule has 0 unspecified atom stereocenters. The van der Waals surface area contributed by atoms with Crippen molar-refractivity contribution in [1.29, 1.82) is 5.26 Å². The first kappa shape index (κ1) is 24.6. The second-order valence-corrected chi connectivity index (χ2v) is 11.0. The zero-order chi connectivity index (χ0) is 26.8. The number of aromatic nitrogens is 3. The number of aliphatic carboxylic acids is 1. The van der Waals surface area contributed by atoms with Gasteiger partial charge in [-0.15, -0.1) is 22.7 Å². The Hall–Kier alpha value is -4.69. The average molecular weight is 564 g/mol. The lowest BCUT2D eigenvalue weighted by molar-refractivity contribution is -0.132. The van der Waals surface area contributed by atoms with Crippen molar-refractivity contribution in [2.24, 2.45) is 0 Å². The van der Waals surface area contributed by atoms with E-state index in [4.69, 9.17) is 15.4 Å². The van der Waals surface area contributed by atoms with Gasteiger partial charge in [-0.1, -0.05) is 36.4 Å². The molecule has 0 atom stereocenters. The van der Waals surface area contributed by atoms with Gasteiger partial charge in [-0.2, -0.15) is 14.0 Å². The van der Waals surface area contributed by atoms with E-state index in [-0.39, 0.29) is 5.57 Å². The van der Waals surface area contributed by atoms with E-state index in [0.29, 0.717) is 16.1 Å². The molecule has 7 nitrogen and oxygen atoms in total. The zero-order valence-corrected chi connectivity index (χ0v) is 22.5. The molecule has 2 aromatic carbocycles. The third kappa shape index (κ3) is 4.82. The van der Waals surface area contributed by atoms with Gasteiger partial charge < -0.3 is 10.0 Å². The van der Waals surface area contributed by atoms with Gasteiger partial charge in [0.05, 0.1) is 16.6 Å². The number of fused-ring (bicyclic) bond motifs is 1. The fraction of sp³-hybridized carbons (Fsp3) is 0. The van der Waals surface area contributed by atoms with Crippen LogP contribution in [0, 0.1) is 11.3 Å². The third-order valence-electron chi connectivity index (χ3n) is 5.89. The Kier molecular flexibility index (Phi) is 6.69. The summed E-state index contributed by atoms with van der Waals surface area (Å²) in [4.78, 5) is 20.7. The number of pyridine rings is 1. The van der Waals surface area contributed by atoms with Crippen molar-refractivity contribution >= 4 is 73.9 Å². The first-order valence-electron chi connectivity index (χ1n) is 11.7. The van der Waals surface area contributed by atoms with Crippen LogP contribution in [0.2, 0.25) is 0 Å². The molecule has 6 aromatic rings. The predicted molar refractivity (Wildman–Crippen MR) is 158 cm³/mol. The largest absolute Gasteiger partial charge is 0.477 e. The Morgan fingerprint density at radius 1 is 0.846 bits per heavy atom. The van der Waals surface area contributed by atoms with E-state index in [1.54, 1.807) is 23.5 Å². The van der Waals surface area contributed by atoms with Gasteiger partial charge in [0.2, 0.25) is 0 Å². The molecule has 0 aliphatic heterocycles. The number of nitrogens with zero attached hydrogens (tertiary/aromatic N) is 5. The molecule has 188 valence electrons. The highest BCUT2D eigenvalue weighted by Gasteiger charge is 2.20. The van der Waals surface area contributed by atoms with Gasteiger partial charge >= 0.3 is 5.97 Å². The molecule has 0 fully saturated rings. The number of carboxylic acid groups (broad SMARTS) is 1. The quantitative estimate of drug-likeness (QED) is 0.155. The van der Waals surface area contributed by atoms with Crippen LogP contribution >= 0.6 is 34.4 Å². The Morgan fingerprint density at radius 3 is 2.18 bits per heavy atom. The monoisotopic (exact) mass is 563 g/mol. The van der Waals surface area contributed by atoms with Crippen molar-refractivity contribution in [1.82, 2.24) is 13.7 Å². The minimum Gasteiger partial charge on any atom is -0.477 e. The van der Waals surface area contributed by atoms with Crippen LogP contribution in [-0.2, 0) is 4.79 Å². The molecule has 0 saturated heterocycles. The summed E-state index contributed by atoms with van der Waals surface area (Å²) in [5.41, 5.74) is 4.83. The maximum absolute atomic E-state index is 11.2. The highest BCUT2D eigenvalue weighted by Crippen LogP contribution is 2.43. The number of hydrogen-bond acceptors (Lipinski definition) is 9. The standard InChI is InChI=1S/C29H17N5O2S3/c30-16-18(29(35)36)15-21-11-12-24(37-21)27-28-26(32-39-33-28)22(17-31-27)23-13-14-25(38-23)34(19-7-3-1-4-8-19)20-9-5-2-6-10-20/h1-15,17H,(H,35,36)/b18-15+. The lowest BCUT2D eigenvalue weighted by Gasteiger charge is -2.23. The number of thiophene rings is 2. The molecule has 0 bridgehead atoms. The van der Waals surface area contributed by atoms with Crippen LogP contribution in [0.1, 0.15) is 4.88 Å². The maximum atomic E-state index is 11.2. The van der Waals surface area contributed by atoms with Crippen molar-refractivity contribution in [3.63, 3.8) is 0 Å². The van der Waals surface area contributed by atoms with Crippen molar-refractivity contribution < 1.29 is 9.90 Å². The Bertz CT molecular complexity index is 1830. The van der Waals surface area contributed by atoms with E-state index in [1.165, 1.54) is 17.4 Å². The number of carbonyl (C=O) groups is 1. The summed E-state index contributed by atoms with van der Waals surface area (Å²) >= 11 is 4.13. The van der Waals surface area contributed by atoms with Crippen LogP contribution in [0.25, 0.3) is 38.1 Å². The number of rotatable bonds is 7. The van der Waals surface area contributed by atoms with Crippen LogP contribution < -0.4 is 4.90 Å². The highest BCUT2D eigenvalue weighted by molar-refractivity contribution is 7.19. The lowest BCUT2D eigenvalue weighted by atomic mass is 10.1. The molecular formula is C29H17N5O2S3. The first-order valence-corrected chi connectivity index (χ1v) is 14.1. The number of benzene rings is 2. The fourth-order valence-corrected chi connectivity index (χ4v) is 6.69. The van der Waals surface area contributed by atoms with Gasteiger partial charge in [0.15, 0.2) is 0 Å². The van der Waals surface area contributed by atoms with Gasteiger partial charge in [0.1, 0.15) is 33.4 Å². The lowest BCUT2D eigenvalue weighted by Crippen LogP contribution is -2.07. The topological polar surface area (TPSA) is 103 Å². The molecule has 4 aromatic heterocycles. The SMILES string of the molecule is N#C/C(=C\c1ccc(-c2ncc(-c3ccc(N(c4ccccc4)c4ccccc4)s3)c3nsnc23)s1)C(=O)O. The Labute approximate surface area is 235 Å². The molecular weight excluding hydrogens is 547 g/mol. The third-order valence-corrected chi connectivity index (χ3v) is 8.57. The smallest absolute Gasteiger partial charge is 0.346 e. The summed E-state index contributed by atoms with van der Waals surface area (Å²) < 4.78 is 9.14. The summed E-state index contributed by atoms with van der Waals surface area (Å²) in [5.74, 6) is -1.26.